The molecule has 0 saturated heterocycles. The Bertz CT molecular complexity index is 640. The van der Waals surface area contributed by atoms with Gasteiger partial charge in [-0.2, -0.15) is 0 Å². The average Bonchev–Trinajstić information content (AvgIpc) is 2.41. The summed E-state index contributed by atoms with van der Waals surface area (Å²) in [5, 5.41) is 8.87. The Morgan fingerprint density at radius 1 is 1.25 bits per heavy atom. The summed E-state index contributed by atoms with van der Waals surface area (Å²) < 4.78 is 14.1. The normalized spacial score (nSPS) is 10.3. The van der Waals surface area contributed by atoms with Gasteiger partial charge in [-0.3, -0.25) is 0 Å². The molecule has 1 N–H and O–H groups in total. The van der Waals surface area contributed by atoms with Crippen LogP contribution in [-0.4, -0.2) is 17.6 Å². The summed E-state index contributed by atoms with van der Waals surface area (Å²) in [5.74, 6) is -1.66. The zero-order valence-electron chi connectivity index (χ0n) is 11.4. The number of hydrogen-bond donors (Lipinski definition) is 1. The zero-order valence-corrected chi connectivity index (χ0v) is 11.4. The molecule has 0 saturated carbocycles. The molecule has 0 aromatic heterocycles. The molecule has 0 atom stereocenters. The number of carboxylic acids is 1. The van der Waals surface area contributed by atoms with Gasteiger partial charge in [0.2, 0.25) is 0 Å². The molecule has 2 rings (SSSR count). The van der Waals surface area contributed by atoms with E-state index in [1.807, 2.05) is 43.0 Å². The largest absolute Gasteiger partial charge is 0.478 e. The van der Waals surface area contributed by atoms with E-state index in [0.717, 1.165) is 17.3 Å². The van der Waals surface area contributed by atoms with Gasteiger partial charge in [0.25, 0.3) is 0 Å². The Morgan fingerprint density at radius 3 is 2.55 bits per heavy atom. The molecule has 2 aromatic carbocycles. The van der Waals surface area contributed by atoms with Gasteiger partial charge < -0.3 is 10.0 Å². The monoisotopic (exact) mass is 273 g/mol. The molecule has 20 heavy (non-hydrogen) atoms. The lowest BCUT2D eigenvalue weighted by Gasteiger charge is -2.24. The topological polar surface area (TPSA) is 40.5 Å². The molecule has 2 aromatic rings. The molecule has 0 unspecified atom stereocenters. The number of aryl methyl sites for hydroxylation is 1. The van der Waals surface area contributed by atoms with E-state index in [-0.39, 0.29) is 5.56 Å². The highest BCUT2D eigenvalue weighted by Gasteiger charge is 2.14. The molecule has 0 radical (unpaired) electrons. The summed E-state index contributed by atoms with van der Waals surface area (Å²) in [6.45, 7) is 4.49. The average molecular weight is 273 g/mol. The Balaban J connectivity index is 2.44. The van der Waals surface area contributed by atoms with Crippen LogP contribution >= 0.6 is 0 Å². The zero-order chi connectivity index (χ0) is 14.7. The first-order chi connectivity index (χ1) is 9.52. The minimum atomic E-state index is -1.13. The molecule has 0 heterocycles. The lowest BCUT2D eigenvalue weighted by molar-refractivity contribution is 0.0696. The van der Waals surface area contributed by atoms with Crippen molar-refractivity contribution in [1.82, 2.24) is 0 Å². The summed E-state index contributed by atoms with van der Waals surface area (Å²) in [7, 11) is 0. The van der Waals surface area contributed by atoms with E-state index in [9.17, 15) is 9.18 Å². The second-order valence-corrected chi connectivity index (χ2v) is 4.55. The Labute approximate surface area is 117 Å². The first-order valence-electron chi connectivity index (χ1n) is 6.40. The van der Waals surface area contributed by atoms with Crippen molar-refractivity contribution in [1.29, 1.82) is 0 Å². The standard InChI is InChI=1S/C16H16FNO2/c1-3-18(13-6-4-5-11(2)9-13)15-8-7-12(16(19)20)10-14(15)17/h4-10H,3H2,1-2H3,(H,19,20). The van der Waals surface area contributed by atoms with Gasteiger partial charge >= 0.3 is 5.97 Å². The maximum atomic E-state index is 14.1. The van der Waals surface area contributed by atoms with Crippen LogP contribution in [0.3, 0.4) is 0 Å². The van der Waals surface area contributed by atoms with Crippen LogP contribution in [0.25, 0.3) is 0 Å². The number of benzene rings is 2. The van der Waals surface area contributed by atoms with E-state index in [1.54, 1.807) is 0 Å². The van der Waals surface area contributed by atoms with E-state index in [4.69, 9.17) is 5.11 Å². The molecule has 0 aliphatic carbocycles. The molecular weight excluding hydrogens is 257 g/mol. The molecule has 104 valence electrons. The summed E-state index contributed by atoms with van der Waals surface area (Å²) in [6, 6.07) is 11.7. The quantitative estimate of drug-likeness (QED) is 0.915. The van der Waals surface area contributed by atoms with E-state index in [2.05, 4.69) is 0 Å². The van der Waals surface area contributed by atoms with Crippen LogP contribution in [0.2, 0.25) is 0 Å². The third kappa shape index (κ3) is 2.79. The lowest BCUT2D eigenvalue weighted by Crippen LogP contribution is -2.17. The summed E-state index contributed by atoms with van der Waals surface area (Å²) in [4.78, 5) is 12.7. The van der Waals surface area contributed by atoms with Crippen LogP contribution in [0.5, 0.6) is 0 Å². The number of halogens is 1. The number of carbonyl (C=O) groups is 1. The number of anilines is 2. The third-order valence-corrected chi connectivity index (χ3v) is 3.11. The minimum Gasteiger partial charge on any atom is -0.478 e. The van der Waals surface area contributed by atoms with Gasteiger partial charge in [0.05, 0.1) is 11.3 Å². The molecule has 0 spiro atoms. The van der Waals surface area contributed by atoms with Crippen molar-refractivity contribution in [3.8, 4) is 0 Å². The molecule has 4 heteroatoms. The number of hydrogen-bond acceptors (Lipinski definition) is 2. The fraction of sp³-hybridized carbons (Fsp3) is 0.188. The van der Waals surface area contributed by atoms with E-state index in [0.29, 0.717) is 12.2 Å². The molecular formula is C16H16FNO2. The lowest BCUT2D eigenvalue weighted by atomic mass is 10.1. The summed E-state index contributed by atoms with van der Waals surface area (Å²) in [5.41, 5.74) is 2.30. The second-order valence-electron chi connectivity index (χ2n) is 4.55. The van der Waals surface area contributed by atoms with Gasteiger partial charge in [-0.1, -0.05) is 12.1 Å². The number of carboxylic acid groups (broad SMARTS) is 1. The van der Waals surface area contributed by atoms with E-state index in [1.165, 1.54) is 12.1 Å². The van der Waals surface area contributed by atoms with E-state index >= 15 is 0 Å². The Kier molecular flexibility index (Phi) is 4.03. The van der Waals surface area contributed by atoms with Crippen molar-refractivity contribution < 1.29 is 14.3 Å². The highest BCUT2D eigenvalue weighted by atomic mass is 19.1. The first kappa shape index (κ1) is 14.1. The van der Waals surface area contributed by atoms with Crippen LogP contribution < -0.4 is 4.90 Å². The third-order valence-electron chi connectivity index (χ3n) is 3.11. The van der Waals surface area contributed by atoms with Crippen molar-refractivity contribution >= 4 is 17.3 Å². The van der Waals surface area contributed by atoms with Gasteiger partial charge in [-0.05, 0) is 49.7 Å². The van der Waals surface area contributed by atoms with Gasteiger partial charge in [0.15, 0.2) is 0 Å². The Hall–Kier alpha value is -2.36. The van der Waals surface area contributed by atoms with Crippen molar-refractivity contribution in [2.75, 3.05) is 11.4 Å². The highest BCUT2D eigenvalue weighted by Crippen LogP contribution is 2.28. The number of rotatable bonds is 4. The van der Waals surface area contributed by atoms with Crippen LogP contribution in [-0.2, 0) is 0 Å². The summed E-state index contributed by atoms with van der Waals surface area (Å²) in [6.07, 6.45) is 0. The highest BCUT2D eigenvalue weighted by molar-refractivity contribution is 5.88. The second kappa shape index (κ2) is 5.74. The molecule has 0 fully saturated rings. The van der Waals surface area contributed by atoms with E-state index < -0.39 is 11.8 Å². The van der Waals surface area contributed by atoms with Gasteiger partial charge in [0.1, 0.15) is 5.82 Å². The maximum absolute atomic E-state index is 14.1. The van der Waals surface area contributed by atoms with Crippen molar-refractivity contribution in [2.45, 2.75) is 13.8 Å². The van der Waals surface area contributed by atoms with Crippen molar-refractivity contribution in [3.63, 3.8) is 0 Å². The molecule has 0 amide bonds. The Morgan fingerprint density at radius 2 is 2.00 bits per heavy atom. The van der Waals surface area contributed by atoms with Crippen molar-refractivity contribution in [2.24, 2.45) is 0 Å². The molecule has 0 aliphatic heterocycles. The smallest absolute Gasteiger partial charge is 0.335 e. The fourth-order valence-electron chi connectivity index (χ4n) is 2.15. The molecule has 3 nitrogen and oxygen atoms in total. The number of nitrogens with zero attached hydrogens (tertiary/aromatic N) is 1. The van der Waals surface area contributed by atoms with Gasteiger partial charge in [0, 0.05) is 12.2 Å². The molecule has 0 aliphatic rings. The van der Waals surface area contributed by atoms with Crippen LogP contribution in [0.1, 0.15) is 22.8 Å². The first-order valence-corrected chi connectivity index (χ1v) is 6.40. The predicted molar refractivity (Wildman–Crippen MR) is 77.2 cm³/mol. The van der Waals surface area contributed by atoms with Crippen LogP contribution in [0.4, 0.5) is 15.8 Å². The predicted octanol–water partition coefficient (Wildman–Crippen LogP) is 3.99. The van der Waals surface area contributed by atoms with Gasteiger partial charge in [-0.25, -0.2) is 9.18 Å². The van der Waals surface area contributed by atoms with Crippen LogP contribution in [0, 0.1) is 12.7 Å². The molecule has 0 bridgehead atoms. The van der Waals surface area contributed by atoms with Gasteiger partial charge in [-0.15, -0.1) is 0 Å². The summed E-state index contributed by atoms with van der Waals surface area (Å²) >= 11 is 0. The SMILES string of the molecule is CCN(c1cccc(C)c1)c1ccc(C(=O)O)cc1F. The maximum Gasteiger partial charge on any atom is 0.335 e. The van der Waals surface area contributed by atoms with Crippen molar-refractivity contribution in [3.05, 3.63) is 59.4 Å². The number of aromatic carboxylic acids is 1. The minimum absolute atomic E-state index is 0.0495. The van der Waals surface area contributed by atoms with Crippen LogP contribution in [0.15, 0.2) is 42.5 Å². The fourth-order valence-corrected chi connectivity index (χ4v) is 2.15.